The number of furan rings is 1. The molecule has 0 aliphatic rings. The van der Waals surface area contributed by atoms with Crippen molar-refractivity contribution in [3.63, 3.8) is 0 Å². The van der Waals surface area contributed by atoms with Crippen LogP contribution in [0.3, 0.4) is 0 Å². The van der Waals surface area contributed by atoms with Crippen LogP contribution >= 0.6 is 15.9 Å². The number of ketones is 1. The van der Waals surface area contributed by atoms with E-state index in [1.807, 2.05) is 0 Å². The van der Waals surface area contributed by atoms with Crippen molar-refractivity contribution in [2.75, 3.05) is 12.8 Å². The van der Waals surface area contributed by atoms with Crippen molar-refractivity contribution in [2.24, 2.45) is 0 Å². The zero-order valence-electron chi connectivity index (χ0n) is 9.07. The van der Waals surface area contributed by atoms with Gasteiger partial charge in [-0.2, -0.15) is 0 Å². The molecule has 0 bridgehead atoms. The summed E-state index contributed by atoms with van der Waals surface area (Å²) in [5, 5.41) is 0. The first-order valence-electron chi connectivity index (χ1n) is 4.84. The van der Waals surface area contributed by atoms with Crippen LogP contribution in [-0.4, -0.2) is 12.9 Å². The second-order valence-corrected chi connectivity index (χ2v) is 4.23. The summed E-state index contributed by atoms with van der Waals surface area (Å²) in [7, 11) is 1.53. The predicted octanol–water partition coefficient (Wildman–Crippen LogP) is 2.86. The van der Waals surface area contributed by atoms with Gasteiger partial charge in [-0.3, -0.25) is 4.79 Å². The number of ether oxygens (including phenoxy) is 1. The van der Waals surface area contributed by atoms with Crippen LogP contribution < -0.4 is 10.5 Å². The van der Waals surface area contributed by atoms with E-state index in [0.29, 0.717) is 21.5 Å². The Kier molecular flexibility index (Phi) is 3.19. The lowest BCUT2D eigenvalue weighted by Crippen LogP contribution is -2.05. The van der Waals surface area contributed by atoms with Crippen LogP contribution in [0.15, 0.2) is 39.4 Å². The molecule has 0 saturated carbocycles. The van der Waals surface area contributed by atoms with E-state index in [1.54, 1.807) is 24.3 Å². The van der Waals surface area contributed by atoms with Gasteiger partial charge in [0.2, 0.25) is 5.78 Å². The Balaban J connectivity index is 2.47. The third-order valence-electron chi connectivity index (χ3n) is 2.33. The van der Waals surface area contributed by atoms with Gasteiger partial charge < -0.3 is 14.9 Å². The third kappa shape index (κ3) is 2.19. The summed E-state index contributed by atoms with van der Waals surface area (Å²) in [4.78, 5) is 12.2. The average Bonchev–Trinajstić information content (AvgIpc) is 2.75. The molecule has 2 aromatic rings. The van der Waals surface area contributed by atoms with Gasteiger partial charge in [-0.15, -0.1) is 0 Å². The molecular formula is C12H10BrNO3. The lowest BCUT2D eigenvalue weighted by atomic mass is 10.1. The van der Waals surface area contributed by atoms with Crippen LogP contribution in [0.1, 0.15) is 16.1 Å². The molecule has 0 fully saturated rings. The molecule has 2 N–H and O–H groups in total. The van der Waals surface area contributed by atoms with Crippen molar-refractivity contribution >= 4 is 27.4 Å². The molecular weight excluding hydrogens is 286 g/mol. The van der Waals surface area contributed by atoms with Crippen molar-refractivity contribution in [1.29, 1.82) is 0 Å². The molecule has 17 heavy (non-hydrogen) atoms. The van der Waals surface area contributed by atoms with Gasteiger partial charge in [-0.1, -0.05) is 0 Å². The topological polar surface area (TPSA) is 65.5 Å². The van der Waals surface area contributed by atoms with Crippen molar-refractivity contribution in [1.82, 2.24) is 0 Å². The van der Waals surface area contributed by atoms with Crippen LogP contribution in [0, 0.1) is 0 Å². The number of carbonyl (C=O) groups excluding carboxylic acids is 1. The standard InChI is InChI=1S/C12H10BrNO3/c1-16-7-2-3-10(14)8(6-7)11(15)12-9(13)4-5-17-12/h2-6H,14H2,1H3. The molecule has 4 nitrogen and oxygen atoms in total. The van der Waals surface area contributed by atoms with E-state index < -0.39 is 0 Å². The number of hydrogen-bond donors (Lipinski definition) is 1. The van der Waals surface area contributed by atoms with E-state index in [1.165, 1.54) is 13.4 Å². The molecule has 88 valence electrons. The molecule has 0 aliphatic carbocycles. The summed E-state index contributed by atoms with van der Waals surface area (Å²) in [6, 6.07) is 6.57. The molecule has 0 unspecified atom stereocenters. The van der Waals surface area contributed by atoms with E-state index in [0.717, 1.165) is 0 Å². The quantitative estimate of drug-likeness (QED) is 0.698. The van der Waals surface area contributed by atoms with Crippen LogP contribution in [0.4, 0.5) is 5.69 Å². The van der Waals surface area contributed by atoms with Gasteiger partial charge in [0.1, 0.15) is 5.75 Å². The summed E-state index contributed by atoms with van der Waals surface area (Å²) in [6.45, 7) is 0. The number of nitrogen functional groups attached to an aromatic ring is 1. The van der Waals surface area contributed by atoms with E-state index in [4.69, 9.17) is 14.9 Å². The van der Waals surface area contributed by atoms with Crippen molar-refractivity contribution < 1.29 is 13.9 Å². The monoisotopic (exact) mass is 295 g/mol. The predicted molar refractivity (Wildman–Crippen MR) is 67.2 cm³/mol. The Hall–Kier alpha value is -1.75. The second kappa shape index (κ2) is 4.63. The Morgan fingerprint density at radius 1 is 1.41 bits per heavy atom. The summed E-state index contributed by atoms with van der Waals surface area (Å²) in [5.74, 6) is 0.522. The van der Waals surface area contributed by atoms with Crippen molar-refractivity contribution in [3.05, 3.63) is 46.3 Å². The number of nitrogens with two attached hydrogens (primary N) is 1. The van der Waals surface area contributed by atoms with Gasteiger partial charge in [0.15, 0.2) is 5.76 Å². The highest BCUT2D eigenvalue weighted by molar-refractivity contribution is 9.10. The molecule has 1 aromatic heterocycles. The lowest BCUT2D eigenvalue weighted by molar-refractivity contribution is 0.101. The number of methoxy groups -OCH3 is 1. The van der Waals surface area contributed by atoms with E-state index in [2.05, 4.69) is 15.9 Å². The molecule has 0 radical (unpaired) electrons. The minimum Gasteiger partial charge on any atom is -0.497 e. The lowest BCUT2D eigenvalue weighted by Gasteiger charge is -2.06. The fourth-order valence-corrected chi connectivity index (χ4v) is 1.82. The summed E-state index contributed by atoms with van der Waals surface area (Å²) in [5.41, 5.74) is 6.52. The maximum Gasteiger partial charge on any atom is 0.231 e. The van der Waals surface area contributed by atoms with E-state index in [9.17, 15) is 4.79 Å². The Bertz CT molecular complexity index is 563. The summed E-state index contributed by atoms with van der Waals surface area (Å²) >= 11 is 3.24. The first-order chi connectivity index (χ1) is 8.13. The molecule has 0 spiro atoms. The Labute approximate surface area is 106 Å². The fraction of sp³-hybridized carbons (Fsp3) is 0.0833. The van der Waals surface area contributed by atoms with E-state index >= 15 is 0 Å². The number of benzene rings is 1. The number of rotatable bonds is 3. The van der Waals surface area contributed by atoms with Gasteiger partial charge in [0.05, 0.1) is 23.4 Å². The molecule has 2 rings (SSSR count). The van der Waals surface area contributed by atoms with Gasteiger partial charge in [0.25, 0.3) is 0 Å². The number of carbonyl (C=O) groups is 1. The van der Waals surface area contributed by atoms with Gasteiger partial charge in [-0.25, -0.2) is 0 Å². The first-order valence-corrected chi connectivity index (χ1v) is 5.64. The van der Waals surface area contributed by atoms with Crippen LogP contribution in [-0.2, 0) is 0 Å². The minimum atomic E-state index is -0.279. The van der Waals surface area contributed by atoms with E-state index in [-0.39, 0.29) is 11.5 Å². The molecule has 0 aliphatic heterocycles. The number of hydrogen-bond acceptors (Lipinski definition) is 4. The Morgan fingerprint density at radius 2 is 2.18 bits per heavy atom. The zero-order chi connectivity index (χ0) is 12.4. The summed E-state index contributed by atoms with van der Waals surface area (Å²) in [6.07, 6.45) is 1.44. The van der Waals surface area contributed by atoms with Crippen molar-refractivity contribution in [2.45, 2.75) is 0 Å². The highest BCUT2D eigenvalue weighted by atomic mass is 79.9. The average molecular weight is 296 g/mol. The minimum absolute atomic E-state index is 0.227. The maximum atomic E-state index is 12.2. The highest BCUT2D eigenvalue weighted by Crippen LogP contribution is 2.26. The number of anilines is 1. The SMILES string of the molecule is COc1ccc(N)c(C(=O)c2occc2Br)c1. The Morgan fingerprint density at radius 3 is 2.76 bits per heavy atom. The van der Waals surface area contributed by atoms with Crippen LogP contribution in [0.25, 0.3) is 0 Å². The zero-order valence-corrected chi connectivity index (χ0v) is 10.7. The van der Waals surface area contributed by atoms with Gasteiger partial charge >= 0.3 is 0 Å². The van der Waals surface area contributed by atoms with Gasteiger partial charge in [0, 0.05) is 5.69 Å². The van der Waals surface area contributed by atoms with Crippen LogP contribution in [0.5, 0.6) is 5.75 Å². The third-order valence-corrected chi connectivity index (χ3v) is 2.95. The molecule has 5 heteroatoms. The van der Waals surface area contributed by atoms with Crippen molar-refractivity contribution in [3.8, 4) is 5.75 Å². The smallest absolute Gasteiger partial charge is 0.231 e. The maximum absolute atomic E-state index is 12.2. The first kappa shape index (κ1) is 11.7. The summed E-state index contributed by atoms with van der Waals surface area (Å²) < 4.78 is 10.8. The largest absolute Gasteiger partial charge is 0.497 e. The molecule has 1 heterocycles. The fourth-order valence-electron chi connectivity index (χ4n) is 1.44. The second-order valence-electron chi connectivity index (χ2n) is 3.38. The number of halogens is 1. The van der Waals surface area contributed by atoms with Crippen LogP contribution in [0.2, 0.25) is 0 Å². The molecule has 1 aromatic carbocycles. The molecule has 0 atom stereocenters. The van der Waals surface area contributed by atoms with Gasteiger partial charge in [-0.05, 0) is 40.2 Å². The molecule has 0 saturated heterocycles. The highest BCUT2D eigenvalue weighted by Gasteiger charge is 2.19. The molecule has 0 amide bonds. The normalized spacial score (nSPS) is 10.2.